The SMILES string of the molecule is COC(=O)c1c(CSc2ccccn2)ccc(Br)c1OC. The van der Waals surface area contributed by atoms with E-state index >= 15 is 0 Å². The molecule has 2 rings (SSSR count). The van der Waals surface area contributed by atoms with E-state index in [1.807, 2.05) is 30.3 Å². The van der Waals surface area contributed by atoms with Gasteiger partial charge in [-0.25, -0.2) is 9.78 Å². The van der Waals surface area contributed by atoms with Gasteiger partial charge in [-0.1, -0.05) is 12.1 Å². The third kappa shape index (κ3) is 3.77. The van der Waals surface area contributed by atoms with E-state index in [4.69, 9.17) is 9.47 Å². The summed E-state index contributed by atoms with van der Waals surface area (Å²) in [7, 11) is 2.89. The summed E-state index contributed by atoms with van der Waals surface area (Å²) in [4.78, 5) is 16.3. The number of esters is 1. The van der Waals surface area contributed by atoms with Gasteiger partial charge in [-0.15, -0.1) is 11.8 Å². The van der Waals surface area contributed by atoms with Gasteiger partial charge in [-0.3, -0.25) is 0 Å². The van der Waals surface area contributed by atoms with Crippen molar-refractivity contribution in [3.63, 3.8) is 0 Å². The molecule has 0 N–H and O–H groups in total. The Morgan fingerprint density at radius 2 is 2.10 bits per heavy atom. The summed E-state index contributed by atoms with van der Waals surface area (Å²) in [5.41, 5.74) is 1.29. The summed E-state index contributed by atoms with van der Waals surface area (Å²) in [5, 5.41) is 0.898. The quantitative estimate of drug-likeness (QED) is 0.591. The number of nitrogens with zero attached hydrogens (tertiary/aromatic N) is 1. The van der Waals surface area contributed by atoms with Crippen molar-refractivity contribution in [2.24, 2.45) is 0 Å². The van der Waals surface area contributed by atoms with Gasteiger partial charge in [0.15, 0.2) is 0 Å². The first-order chi connectivity index (χ1) is 10.2. The van der Waals surface area contributed by atoms with Crippen LogP contribution in [0, 0.1) is 0 Å². The van der Waals surface area contributed by atoms with E-state index in [0.717, 1.165) is 15.1 Å². The smallest absolute Gasteiger partial charge is 0.342 e. The molecule has 0 amide bonds. The van der Waals surface area contributed by atoms with Crippen molar-refractivity contribution in [2.75, 3.05) is 14.2 Å². The van der Waals surface area contributed by atoms with Crippen molar-refractivity contribution in [1.82, 2.24) is 4.98 Å². The molecule has 4 nitrogen and oxygen atoms in total. The summed E-state index contributed by atoms with van der Waals surface area (Å²) < 4.78 is 10.9. The molecule has 6 heteroatoms. The van der Waals surface area contributed by atoms with Crippen molar-refractivity contribution >= 4 is 33.7 Å². The Balaban J connectivity index is 2.32. The zero-order valence-corrected chi connectivity index (χ0v) is 14.0. The molecule has 0 bridgehead atoms. The molecule has 2 aromatic rings. The average molecular weight is 368 g/mol. The van der Waals surface area contributed by atoms with Gasteiger partial charge in [-0.2, -0.15) is 0 Å². The summed E-state index contributed by atoms with van der Waals surface area (Å²) in [6.45, 7) is 0. The lowest BCUT2D eigenvalue weighted by atomic mass is 10.1. The molecule has 0 atom stereocenters. The van der Waals surface area contributed by atoms with E-state index in [0.29, 0.717) is 17.1 Å². The lowest BCUT2D eigenvalue weighted by Crippen LogP contribution is -2.08. The summed E-state index contributed by atoms with van der Waals surface area (Å²) in [6, 6.07) is 9.47. The first-order valence-electron chi connectivity index (χ1n) is 6.15. The normalized spacial score (nSPS) is 10.2. The molecule has 0 radical (unpaired) electrons. The Morgan fingerprint density at radius 1 is 1.29 bits per heavy atom. The van der Waals surface area contributed by atoms with E-state index in [-0.39, 0.29) is 0 Å². The van der Waals surface area contributed by atoms with Crippen LogP contribution >= 0.6 is 27.7 Å². The van der Waals surface area contributed by atoms with E-state index in [1.54, 1.807) is 18.0 Å². The predicted molar refractivity (Wildman–Crippen MR) is 85.8 cm³/mol. The molecule has 0 saturated carbocycles. The molecular formula is C15H14BrNO3S. The molecule has 0 aliphatic rings. The first-order valence-corrected chi connectivity index (χ1v) is 7.92. The average Bonchev–Trinajstić information content (AvgIpc) is 2.53. The number of carbonyl (C=O) groups excluding carboxylic acids is 1. The third-order valence-electron chi connectivity index (χ3n) is 2.80. The Hall–Kier alpha value is -1.53. The molecule has 0 saturated heterocycles. The van der Waals surface area contributed by atoms with Crippen molar-refractivity contribution in [2.45, 2.75) is 10.8 Å². The number of rotatable bonds is 5. The standard InChI is InChI=1S/C15H14BrNO3S/c1-19-14-11(16)7-6-10(13(14)15(18)20-2)9-21-12-5-3-4-8-17-12/h3-8H,9H2,1-2H3. The Labute approximate surface area is 136 Å². The van der Waals surface area contributed by atoms with Crippen LogP contribution < -0.4 is 4.74 Å². The van der Waals surface area contributed by atoms with E-state index < -0.39 is 5.97 Å². The van der Waals surface area contributed by atoms with Crippen LogP contribution in [-0.4, -0.2) is 25.2 Å². The number of aromatic nitrogens is 1. The summed E-state index contributed by atoms with van der Waals surface area (Å²) >= 11 is 4.93. The molecule has 0 unspecified atom stereocenters. The van der Waals surface area contributed by atoms with Crippen molar-refractivity contribution < 1.29 is 14.3 Å². The fourth-order valence-corrected chi connectivity index (χ4v) is 3.17. The van der Waals surface area contributed by atoms with E-state index in [9.17, 15) is 4.79 Å². The van der Waals surface area contributed by atoms with Crippen LogP contribution in [0.5, 0.6) is 5.75 Å². The maximum atomic E-state index is 12.0. The number of ether oxygens (including phenoxy) is 2. The zero-order valence-electron chi connectivity index (χ0n) is 11.6. The van der Waals surface area contributed by atoms with Crippen molar-refractivity contribution in [3.8, 4) is 5.75 Å². The molecule has 1 aromatic carbocycles. The number of carbonyl (C=O) groups is 1. The minimum atomic E-state index is -0.412. The molecule has 0 aliphatic carbocycles. The highest BCUT2D eigenvalue weighted by molar-refractivity contribution is 9.10. The monoisotopic (exact) mass is 367 g/mol. The van der Waals surface area contributed by atoms with Gasteiger partial charge >= 0.3 is 5.97 Å². The molecule has 0 aliphatic heterocycles. The highest BCUT2D eigenvalue weighted by Crippen LogP contribution is 2.34. The minimum absolute atomic E-state index is 0.412. The number of hydrogen-bond acceptors (Lipinski definition) is 5. The number of pyridine rings is 1. The maximum absolute atomic E-state index is 12.0. The van der Waals surface area contributed by atoms with Crippen LogP contribution in [0.15, 0.2) is 46.0 Å². The Morgan fingerprint density at radius 3 is 2.71 bits per heavy atom. The number of thioether (sulfide) groups is 1. The summed E-state index contributed by atoms with van der Waals surface area (Å²) in [6.07, 6.45) is 1.74. The third-order valence-corrected chi connectivity index (χ3v) is 4.42. The first kappa shape index (κ1) is 15.9. The molecule has 0 spiro atoms. The minimum Gasteiger partial charge on any atom is -0.495 e. The second-order valence-electron chi connectivity index (χ2n) is 4.06. The number of methoxy groups -OCH3 is 2. The highest BCUT2D eigenvalue weighted by Gasteiger charge is 2.20. The second-order valence-corrected chi connectivity index (χ2v) is 5.91. The van der Waals surface area contributed by atoms with Gasteiger partial charge < -0.3 is 9.47 Å². The van der Waals surface area contributed by atoms with Crippen LogP contribution in [0.2, 0.25) is 0 Å². The van der Waals surface area contributed by atoms with Gasteiger partial charge in [-0.05, 0) is 39.7 Å². The molecule has 1 aromatic heterocycles. The van der Waals surface area contributed by atoms with Crippen LogP contribution in [0.25, 0.3) is 0 Å². The number of hydrogen-bond donors (Lipinski definition) is 0. The van der Waals surface area contributed by atoms with E-state index in [1.165, 1.54) is 14.2 Å². The lowest BCUT2D eigenvalue weighted by Gasteiger charge is -2.13. The topological polar surface area (TPSA) is 48.4 Å². The molecule has 110 valence electrons. The maximum Gasteiger partial charge on any atom is 0.342 e. The Kier molecular flexibility index (Phi) is 5.64. The summed E-state index contributed by atoms with van der Waals surface area (Å²) in [5.74, 6) is 0.677. The highest BCUT2D eigenvalue weighted by atomic mass is 79.9. The molecule has 1 heterocycles. The molecule has 0 fully saturated rings. The molecule has 21 heavy (non-hydrogen) atoms. The predicted octanol–water partition coefficient (Wildman–Crippen LogP) is 3.93. The number of benzene rings is 1. The van der Waals surface area contributed by atoms with Gasteiger partial charge in [0.2, 0.25) is 0 Å². The van der Waals surface area contributed by atoms with E-state index in [2.05, 4.69) is 20.9 Å². The fourth-order valence-electron chi connectivity index (χ4n) is 1.83. The van der Waals surface area contributed by atoms with Crippen molar-refractivity contribution in [1.29, 1.82) is 0 Å². The van der Waals surface area contributed by atoms with Crippen LogP contribution in [0.1, 0.15) is 15.9 Å². The number of halogens is 1. The van der Waals surface area contributed by atoms with Crippen LogP contribution in [-0.2, 0) is 10.5 Å². The van der Waals surface area contributed by atoms with Crippen LogP contribution in [0.3, 0.4) is 0 Å². The van der Waals surface area contributed by atoms with Crippen LogP contribution in [0.4, 0.5) is 0 Å². The lowest BCUT2D eigenvalue weighted by molar-refractivity contribution is 0.0596. The molecular weight excluding hydrogens is 354 g/mol. The van der Waals surface area contributed by atoms with Gasteiger partial charge in [0.05, 0.1) is 23.7 Å². The van der Waals surface area contributed by atoms with Gasteiger partial charge in [0.1, 0.15) is 11.3 Å². The second kappa shape index (κ2) is 7.47. The van der Waals surface area contributed by atoms with Crippen molar-refractivity contribution in [3.05, 3.63) is 52.1 Å². The largest absolute Gasteiger partial charge is 0.495 e. The van der Waals surface area contributed by atoms with Gasteiger partial charge in [0.25, 0.3) is 0 Å². The fraction of sp³-hybridized carbons (Fsp3) is 0.200. The zero-order chi connectivity index (χ0) is 15.2. The van der Waals surface area contributed by atoms with Gasteiger partial charge in [0, 0.05) is 11.9 Å². The Bertz CT molecular complexity index is 634.